The van der Waals surface area contributed by atoms with Crippen molar-refractivity contribution in [1.29, 1.82) is 0 Å². The normalized spacial score (nSPS) is 18.3. The molecular weight excluding hydrogens is 417 g/mol. The summed E-state index contributed by atoms with van der Waals surface area (Å²) in [5.41, 5.74) is 1.60. The molecule has 1 fully saturated rings. The van der Waals surface area contributed by atoms with Gasteiger partial charge in [-0.1, -0.05) is 18.2 Å². The molecule has 0 atom stereocenters. The first-order valence-electron chi connectivity index (χ1n) is 10.4. The summed E-state index contributed by atoms with van der Waals surface area (Å²) >= 11 is 0. The Morgan fingerprint density at radius 1 is 1.03 bits per heavy atom. The monoisotopic (exact) mass is 441 g/mol. The number of aromatic nitrogens is 2. The molecule has 1 saturated heterocycles. The van der Waals surface area contributed by atoms with Gasteiger partial charge in [0.05, 0.1) is 23.9 Å². The average molecular weight is 442 g/mol. The first kappa shape index (κ1) is 20.2. The number of ether oxygens (including phenoxy) is 1. The summed E-state index contributed by atoms with van der Waals surface area (Å²) in [5, 5.41) is 0. The van der Waals surface area contributed by atoms with Gasteiger partial charge in [0.25, 0.3) is 0 Å². The molecule has 0 saturated carbocycles. The molecule has 3 aromatic rings. The Morgan fingerprint density at radius 3 is 2.52 bits per heavy atom. The summed E-state index contributed by atoms with van der Waals surface area (Å²) in [5.74, 6) is 1.25. The van der Waals surface area contributed by atoms with Crippen LogP contribution in [-0.4, -0.2) is 42.5 Å². The highest BCUT2D eigenvalue weighted by Gasteiger charge is 2.45. The molecule has 162 valence electrons. The molecule has 0 bridgehead atoms. The lowest BCUT2D eigenvalue weighted by atomic mass is 9.77. The maximum Gasteiger partial charge on any atom is 0.243 e. The van der Waals surface area contributed by atoms with Crippen LogP contribution in [0.15, 0.2) is 59.6 Å². The molecule has 2 aliphatic heterocycles. The second kappa shape index (κ2) is 7.46. The number of fused-ring (bicyclic) bond motifs is 2. The van der Waals surface area contributed by atoms with Crippen LogP contribution in [0.1, 0.15) is 25.1 Å². The highest BCUT2D eigenvalue weighted by molar-refractivity contribution is 7.89. The van der Waals surface area contributed by atoms with Crippen LogP contribution in [0.3, 0.4) is 0 Å². The molecule has 3 heterocycles. The van der Waals surface area contributed by atoms with Crippen molar-refractivity contribution in [2.24, 2.45) is 0 Å². The van der Waals surface area contributed by atoms with Crippen LogP contribution in [0.4, 0.5) is 4.39 Å². The van der Waals surface area contributed by atoms with Gasteiger partial charge in [0.1, 0.15) is 17.4 Å². The van der Waals surface area contributed by atoms with Crippen LogP contribution in [0.5, 0.6) is 5.75 Å². The Hall–Kier alpha value is -2.71. The molecule has 8 heteroatoms. The summed E-state index contributed by atoms with van der Waals surface area (Å²) in [4.78, 5) is 4.96. The second-order valence-corrected chi connectivity index (χ2v) is 10.2. The third-order valence-corrected chi connectivity index (χ3v) is 8.52. The predicted octanol–water partition coefficient (Wildman–Crippen LogP) is 3.82. The van der Waals surface area contributed by atoms with Crippen LogP contribution in [0.25, 0.3) is 11.3 Å². The Balaban J connectivity index is 1.38. The van der Waals surface area contributed by atoms with Crippen LogP contribution in [0.2, 0.25) is 0 Å². The number of methoxy groups -OCH3 is 1. The molecule has 0 amide bonds. The predicted molar refractivity (Wildman–Crippen MR) is 115 cm³/mol. The molecule has 2 aliphatic rings. The number of hydrogen-bond donors (Lipinski definition) is 0. The topological polar surface area (TPSA) is 64.4 Å². The molecular formula is C23H24FN3O3S. The Bertz CT molecular complexity index is 1230. The maximum atomic E-state index is 13.7. The summed E-state index contributed by atoms with van der Waals surface area (Å²) < 4.78 is 48.9. The van der Waals surface area contributed by atoms with Gasteiger partial charge >= 0.3 is 0 Å². The van der Waals surface area contributed by atoms with Crippen LogP contribution in [0, 0.1) is 5.82 Å². The van der Waals surface area contributed by atoms with Gasteiger partial charge in [0, 0.05) is 36.7 Å². The first-order valence-corrected chi connectivity index (χ1v) is 11.8. The summed E-state index contributed by atoms with van der Waals surface area (Å²) in [6.45, 7) is 1.70. The van der Waals surface area contributed by atoms with Gasteiger partial charge in [-0.05, 0) is 43.5 Å². The van der Waals surface area contributed by atoms with E-state index in [2.05, 4.69) is 4.57 Å². The number of imidazole rings is 1. The molecule has 0 aliphatic carbocycles. The van der Waals surface area contributed by atoms with Crippen molar-refractivity contribution in [2.45, 2.75) is 36.1 Å². The molecule has 1 spiro atoms. The largest absolute Gasteiger partial charge is 0.497 e. The van der Waals surface area contributed by atoms with Crippen molar-refractivity contribution in [3.63, 3.8) is 0 Å². The van der Waals surface area contributed by atoms with E-state index in [9.17, 15) is 12.8 Å². The molecule has 2 aromatic carbocycles. The van der Waals surface area contributed by atoms with E-state index in [0.717, 1.165) is 42.9 Å². The summed E-state index contributed by atoms with van der Waals surface area (Å²) in [6.07, 6.45) is 4.17. The minimum absolute atomic E-state index is 0.133. The quantitative estimate of drug-likeness (QED) is 0.617. The van der Waals surface area contributed by atoms with E-state index < -0.39 is 10.0 Å². The van der Waals surface area contributed by atoms with Gasteiger partial charge in [0.15, 0.2) is 0 Å². The van der Waals surface area contributed by atoms with Crippen LogP contribution >= 0.6 is 0 Å². The number of hydrogen-bond acceptors (Lipinski definition) is 4. The maximum absolute atomic E-state index is 13.7. The van der Waals surface area contributed by atoms with Crippen molar-refractivity contribution in [1.82, 2.24) is 13.9 Å². The Morgan fingerprint density at radius 2 is 1.77 bits per heavy atom. The van der Waals surface area contributed by atoms with E-state index in [4.69, 9.17) is 9.72 Å². The van der Waals surface area contributed by atoms with Crippen molar-refractivity contribution >= 4 is 10.0 Å². The average Bonchev–Trinajstić information content (AvgIpc) is 3.36. The third-order valence-electron chi connectivity index (χ3n) is 6.62. The van der Waals surface area contributed by atoms with E-state index in [1.54, 1.807) is 34.6 Å². The van der Waals surface area contributed by atoms with Gasteiger partial charge in [-0.15, -0.1) is 0 Å². The SMILES string of the molecule is COc1cccc(S(=O)(=O)N2CCC3(CC2)CCn2c(-c4cccc(F)c4)cnc23)c1. The zero-order valence-corrected chi connectivity index (χ0v) is 18.1. The molecule has 31 heavy (non-hydrogen) atoms. The van der Waals surface area contributed by atoms with Gasteiger partial charge in [0.2, 0.25) is 10.0 Å². The lowest BCUT2D eigenvalue weighted by Gasteiger charge is -2.37. The van der Waals surface area contributed by atoms with Crippen molar-refractivity contribution < 1.29 is 17.5 Å². The van der Waals surface area contributed by atoms with E-state index in [-0.39, 0.29) is 16.1 Å². The van der Waals surface area contributed by atoms with Crippen molar-refractivity contribution in [3.05, 3.63) is 66.4 Å². The van der Waals surface area contributed by atoms with E-state index >= 15 is 0 Å². The van der Waals surface area contributed by atoms with E-state index in [1.807, 2.05) is 12.3 Å². The highest BCUT2D eigenvalue weighted by Crippen LogP contribution is 2.45. The van der Waals surface area contributed by atoms with E-state index in [0.29, 0.717) is 18.8 Å². The van der Waals surface area contributed by atoms with Gasteiger partial charge < -0.3 is 9.30 Å². The number of benzene rings is 2. The summed E-state index contributed by atoms with van der Waals surface area (Å²) in [7, 11) is -2.05. The minimum Gasteiger partial charge on any atom is -0.497 e. The fourth-order valence-corrected chi connectivity index (χ4v) is 6.36. The number of rotatable bonds is 4. The Labute approximate surface area is 181 Å². The first-order chi connectivity index (χ1) is 14.9. The summed E-state index contributed by atoms with van der Waals surface area (Å²) in [6, 6.07) is 13.2. The molecule has 6 nitrogen and oxygen atoms in total. The van der Waals surface area contributed by atoms with Gasteiger partial charge in [-0.3, -0.25) is 0 Å². The molecule has 5 rings (SSSR count). The molecule has 0 N–H and O–H groups in total. The zero-order valence-electron chi connectivity index (χ0n) is 17.3. The van der Waals surface area contributed by atoms with Crippen molar-refractivity contribution in [3.8, 4) is 17.0 Å². The van der Waals surface area contributed by atoms with Gasteiger partial charge in [-0.25, -0.2) is 17.8 Å². The lowest BCUT2D eigenvalue weighted by molar-refractivity contribution is 0.228. The molecule has 0 radical (unpaired) electrons. The highest BCUT2D eigenvalue weighted by atomic mass is 32.2. The molecule has 0 unspecified atom stereocenters. The van der Waals surface area contributed by atoms with Crippen LogP contribution in [-0.2, 0) is 22.0 Å². The standard InChI is InChI=1S/C23H24FN3O3S/c1-30-19-6-3-7-20(15-19)31(28,29)26-11-8-23(9-12-26)10-13-27-21(16-25-22(23)27)17-4-2-5-18(24)14-17/h2-7,14-16H,8-13H2,1H3. The minimum atomic E-state index is -3.58. The lowest BCUT2D eigenvalue weighted by Crippen LogP contribution is -2.44. The third kappa shape index (κ3) is 3.34. The fraction of sp³-hybridized carbons (Fsp3) is 0.348. The fourth-order valence-electron chi connectivity index (χ4n) is 4.88. The number of piperidine rings is 1. The smallest absolute Gasteiger partial charge is 0.243 e. The second-order valence-electron chi connectivity index (χ2n) is 8.24. The Kier molecular flexibility index (Phi) is 4.86. The van der Waals surface area contributed by atoms with E-state index in [1.165, 1.54) is 19.2 Å². The zero-order chi connectivity index (χ0) is 21.6. The molecule has 1 aromatic heterocycles. The van der Waals surface area contributed by atoms with Crippen molar-refractivity contribution in [2.75, 3.05) is 20.2 Å². The number of sulfonamides is 1. The van der Waals surface area contributed by atoms with Gasteiger partial charge in [-0.2, -0.15) is 4.31 Å². The number of halogens is 1. The van der Waals surface area contributed by atoms with Crippen LogP contribution < -0.4 is 4.74 Å². The number of nitrogens with zero attached hydrogens (tertiary/aromatic N) is 3.